The van der Waals surface area contributed by atoms with Crippen molar-refractivity contribution in [1.82, 2.24) is 4.98 Å². The number of alkyl halides is 5. The number of aromatic nitrogens is 1. The molecule has 0 radical (unpaired) electrons. The highest BCUT2D eigenvalue weighted by Crippen LogP contribution is 2.42. The lowest BCUT2D eigenvalue weighted by molar-refractivity contribution is -0.275. The molecule has 2 aromatic carbocycles. The van der Waals surface area contributed by atoms with Gasteiger partial charge in [-0.15, -0.1) is 13.2 Å². The van der Waals surface area contributed by atoms with Crippen molar-refractivity contribution < 1.29 is 49.7 Å². The van der Waals surface area contributed by atoms with Crippen LogP contribution >= 0.6 is 15.9 Å². The Kier molecular flexibility index (Phi) is 8.83. The van der Waals surface area contributed by atoms with Gasteiger partial charge in [-0.3, -0.25) is 4.79 Å². The van der Waals surface area contributed by atoms with Crippen LogP contribution in [0.5, 0.6) is 23.0 Å². The number of pyridine rings is 1. The Balaban J connectivity index is 2.14. The zero-order valence-electron chi connectivity index (χ0n) is 20.6. The first-order chi connectivity index (χ1) is 18.0. The van der Waals surface area contributed by atoms with Gasteiger partial charge in [0.1, 0.15) is 45.3 Å². The number of carbonyl (C=O) groups excluding carboxylic acids is 1. The summed E-state index contributed by atoms with van der Waals surface area (Å²) in [6.45, 7) is 1.57. The van der Waals surface area contributed by atoms with Crippen molar-refractivity contribution in [3.05, 3.63) is 69.5 Å². The third kappa shape index (κ3) is 7.61. The van der Waals surface area contributed by atoms with Crippen LogP contribution < -0.4 is 19.5 Å². The number of nitrogens with one attached hydrogen (secondary N) is 1. The maximum Gasteiger partial charge on any atom is 0.573 e. The summed E-state index contributed by atoms with van der Waals surface area (Å²) in [4.78, 5) is 17.1. The SMILES string of the molecule is BC(B)(B)Oc1c(Oc2ccc(C(F)F)c(F)c2C(=O)Nc2cc(Br)ncc2C)ccc(OC(F)(F)F)c1F. The van der Waals surface area contributed by atoms with E-state index >= 15 is 8.78 Å². The fraction of sp³-hybridized carbons (Fsp3) is 0.182. The number of carbonyl (C=O) groups is 1. The standard InChI is InChI=1S/C22H17B3BrF7N2O4/c1-8-7-34-14(26)6-10(8)35-20(36)15-11(3-2-9(16(15)27)19(29)30)37-13-5-4-12(38-22(31,32)33)17(28)18(13)39-21(23,24)25/h2-7,19H,23-25H2,1H3,(H,34,35,36). The summed E-state index contributed by atoms with van der Waals surface area (Å²) in [6, 6.07) is 4.29. The minimum absolute atomic E-state index is 0.158. The average molecular weight is 619 g/mol. The zero-order valence-corrected chi connectivity index (χ0v) is 22.2. The molecule has 0 saturated heterocycles. The van der Waals surface area contributed by atoms with E-state index in [9.17, 15) is 26.7 Å². The fourth-order valence-corrected chi connectivity index (χ4v) is 3.51. The fourth-order valence-electron chi connectivity index (χ4n) is 3.18. The van der Waals surface area contributed by atoms with Crippen molar-refractivity contribution in [3.8, 4) is 23.0 Å². The third-order valence-electron chi connectivity index (χ3n) is 4.79. The number of hydrogen-bond donors (Lipinski definition) is 1. The summed E-state index contributed by atoms with van der Waals surface area (Å²) in [5.74, 6) is -7.77. The predicted octanol–water partition coefficient (Wildman–Crippen LogP) is 4.20. The Morgan fingerprint density at radius 2 is 1.62 bits per heavy atom. The monoisotopic (exact) mass is 618 g/mol. The van der Waals surface area contributed by atoms with E-state index in [0.29, 0.717) is 22.3 Å². The Labute approximate surface area is 228 Å². The van der Waals surface area contributed by atoms with Gasteiger partial charge in [0.05, 0.1) is 5.56 Å². The van der Waals surface area contributed by atoms with E-state index in [0.717, 1.165) is 12.1 Å². The molecule has 0 saturated carbocycles. The molecule has 0 aliphatic heterocycles. The predicted molar refractivity (Wildman–Crippen MR) is 138 cm³/mol. The number of halogens is 8. The van der Waals surface area contributed by atoms with Gasteiger partial charge in [0, 0.05) is 17.2 Å². The largest absolute Gasteiger partial charge is 0.573 e. The first-order valence-electron chi connectivity index (χ1n) is 11.0. The Morgan fingerprint density at radius 1 is 1.00 bits per heavy atom. The van der Waals surface area contributed by atoms with Crippen LogP contribution in [0.4, 0.5) is 36.4 Å². The molecule has 0 spiro atoms. The molecule has 0 unspecified atom stereocenters. The van der Waals surface area contributed by atoms with E-state index in [2.05, 4.69) is 31.0 Å². The zero-order chi connectivity index (χ0) is 29.3. The molecule has 0 aliphatic rings. The van der Waals surface area contributed by atoms with Gasteiger partial charge < -0.3 is 19.5 Å². The molecule has 1 amide bonds. The number of hydrogen-bond acceptors (Lipinski definition) is 5. The molecule has 39 heavy (non-hydrogen) atoms. The summed E-state index contributed by atoms with van der Waals surface area (Å²) in [7, 11) is 4.37. The van der Waals surface area contributed by atoms with Crippen molar-refractivity contribution in [2.24, 2.45) is 0 Å². The number of benzene rings is 2. The number of amides is 1. The summed E-state index contributed by atoms with van der Waals surface area (Å²) in [5, 5.41) is 1.20. The average Bonchev–Trinajstić information content (AvgIpc) is 2.78. The number of nitrogens with zero attached hydrogens (tertiary/aromatic N) is 1. The Hall–Kier alpha value is -3.36. The second-order valence-electron chi connectivity index (χ2n) is 8.99. The molecular formula is C22H17B3BrF7N2O4. The molecule has 6 nitrogen and oxygen atoms in total. The summed E-state index contributed by atoms with van der Waals surface area (Å²) in [5.41, 5.74) is -1.49. The van der Waals surface area contributed by atoms with E-state index in [1.165, 1.54) is 35.8 Å². The maximum atomic E-state index is 15.2. The second-order valence-corrected chi connectivity index (χ2v) is 9.80. The van der Waals surface area contributed by atoms with Gasteiger partial charge in [-0.1, -0.05) is 0 Å². The van der Waals surface area contributed by atoms with E-state index in [-0.39, 0.29) is 5.69 Å². The molecule has 0 bridgehead atoms. The number of ether oxygens (including phenoxy) is 3. The normalized spacial score (nSPS) is 11.8. The summed E-state index contributed by atoms with van der Waals surface area (Å²) in [6.07, 6.45) is -7.16. The van der Waals surface area contributed by atoms with Crippen molar-refractivity contribution >= 4 is 51.1 Å². The van der Waals surface area contributed by atoms with Crippen molar-refractivity contribution in [3.63, 3.8) is 0 Å². The van der Waals surface area contributed by atoms with Gasteiger partial charge in [0.25, 0.3) is 12.3 Å². The van der Waals surface area contributed by atoms with Crippen LogP contribution in [-0.2, 0) is 0 Å². The molecule has 0 atom stereocenters. The molecule has 0 fully saturated rings. The van der Waals surface area contributed by atoms with Gasteiger partial charge in [-0.2, -0.15) is 4.39 Å². The topological polar surface area (TPSA) is 69.7 Å². The minimum Gasteiger partial charge on any atom is -0.508 e. The number of anilines is 1. The van der Waals surface area contributed by atoms with Gasteiger partial charge >= 0.3 is 6.36 Å². The molecule has 1 heterocycles. The van der Waals surface area contributed by atoms with Crippen LogP contribution in [-0.4, -0.2) is 46.1 Å². The molecule has 1 aromatic heterocycles. The van der Waals surface area contributed by atoms with Crippen LogP contribution in [0.3, 0.4) is 0 Å². The lowest BCUT2D eigenvalue weighted by Gasteiger charge is -2.25. The van der Waals surface area contributed by atoms with E-state index < -0.39 is 69.8 Å². The Bertz CT molecular complexity index is 1410. The number of rotatable bonds is 8. The molecule has 1 N–H and O–H groups in total. The van der Waals surface area contributed by atoms with Crippen LogP contribution in [0, 0.1) is 18.6 Å². The van der Waals surface area contributed by atoms with Gasteiger partial charge in [0.2, 0.25) is 5.82 Å². The molecule has 17 heteroatoms. The minimum atomic E-state index is -5.23. The van der Waals surface area contributed by atoms with Gasteiger partial charge in [-0.25, -0.2) is 18.2 Å². The molecule has 3 aromatic rings. The first-order valence-corrected chi connectivity index (χ1v) is 11.8. The highest BCUT2D eigenvalue weighted by atomic mass is 79.9. The van der Waals surface area contributed by atoms with Crippen molar-refractivity contribution in [1.29, 1.82) is 0 Å². The van der Waals surface area contributed by atoms with Crippen LogP contribution in [0.15, 0.2) is 41.1 Å². The molecule has 0 aliphatic carbocycles. The smallest absolute Gasteiger partial charge is 0.508 e. The highest BCUT2D eigenvalue weighted by Gasteiger charge is 2.35. The first kappa shape index (κ1) is 30.2. The number of aryl methyl sites for hydroxylation is 1. The van der Waals surface area contributed by atoms with E-state index in [1.54, 1.807) is 6.92 Å². The molecular weight excluding hydrogens is 602 g/mol. The van der Waals surface area contributed by atoms with Crippen molar-refractivity contribution in [2.45, 2.75) is 25.0 Å². The van der Waals surface area contributed by atoms with E-state index in [1.807, 2.05) is 0 Å². The summed E-state index contributed by atoms with van der Waals surface area (Å²) >= 11 is 3.12. The highest BCUT2D eigenvalue weighted by molar-refractivity contribution is 9.10. The van der Waals surface area contributed by atoms with Gasteiger partial charge in [-0.05, 0) is 58.7 Å². The molecule has 3 rings (SSSR count). The van der Waals surface area contributed by atoms with Crippen LogP contribution in [0.2, 0.25) is 0 Å². The van der Waals surface area contributed by atoms with Crippen LogP contribution in [0.25, 0.3) is 0 Å². The van der Waals surface area contributed by atoms with E-state index in [4.69, 9.17) is 9.47 Å². The summed E-state index contributed by atoms with van der Waals surface area (Å²) < 4.78 is 110. The van der Waals surface area contributed by atoms with Crippen molar-refractivity contribution in [2.75, 3.05) is 5.32 Å². The molecule has 204 valence electrons. The van der Waals surface area contributed by atoms with Gasteiger partial charge in [0.15, 0.2) is 17.2 Å². The Morgan fingerprint density at radius 3 is 2.21 bits per heavy atom. The quantitative estimate of drug-likeness (QED) is 0.233. The third-order valence-corrected chi connectivity index (χ3v) is 5.23. The lowest BCUT2D eigenvalue weighted by Crippen LogP contribution is -2.38. The maximum absolute atomic E-state index is 15.2. The lowest BCUT2D eigenvalue weighted by atomic mass is 9.52. The second kappa shape index (κ2) is 11.4. The van der Waals surface area contributed by atoms with Crippen LogP contribution in [0.1, 0.15) is 27.9 Å².